The lowest BCUT2D eigenvalue weighted by Crippen LogP contribution is -2.40. The van der Waals surface area contributed by atoms with Gasteiger partial charge >= 0.3 is 6.03 Å². The third kappa shape index (κ3) is 5.24. The van der Waals surface area contributed by atoms with E-state index in [0.717, 1.165) is 39.7 Å². The Labute approximate surface area is 208 Å². The molecule has 1 aliphatic heterocycles. The minimum absolute atomic E-state index is 0.0941. The van der Waals surface area contributed by atoms with Crippen molar-refractivity contribution in [3.05, 3.63) is 82.4 Å². The van der Waals surface area contributed by atoms with E-state index in [1.165, 1.54) is 0 Å². The molecule has 0 radical (unpaired) electrons. The van der Waals surface area contributed by atoms with Crippen molar-refractivity contribution in [2.75, 3.05) is 23.7 Å². The molecule has 1 fully saturated rings. The van der Waals surface area contributed by atoms with E-state index >= 15 is 0 Å². The normalized spacial score (nSPS) is 14.3. The second-order valence-electron chi connectivity index (χ2n) is 8.36. The SMILES string of the molecule is O=C(Nc1cc(F)cc(F)c1)N1CCC(c2cc(NCc3cccnc3)n3ncc(Br)c3n2)CC1. The molecule has 35 heavy (non-hydrogen) atoms. The lowest BCUT2D eigenvalue weighted by molar-refractivity contribution is 0.194. The molecule has 11 heteroatoms. The van der Waals surface area contributed by atoms with Crippen LogP contribution >= 0.6 is 15.9 Å². The standard InChI is InChI=1S/C24H22BrF2N7O/c25-20-14-30-34-22(29-13-15-2-1-5-28-12-15)11-21(32-23(20)34)16-3-6-33(7-4-16)24(35)31-19-9-17(26)8-18(27)10-19/h1-2,5,8-12,14,16,29H,3-4,6-7,13H2,(H,31,35). The number of halogens is 3. The molecule has 1 aromatic carbocycles. The Hall–Kier alpha value is -3.60. The number of rotatable bonds is 5. The lowest BCUT2D eigenvalue weighted by atomic mass is 9.93. The van der Waals surface area contributed by atoms with Crippen molar-refractivity contribution >= 4 is 39.1 Å². The van der Waals surface area contributed by atoms with Gasteiger partial charge in [-0.15, -0.1) is 0 Å². The van der Waals surface area contributed by atoms with E-state index in [9.17, 15) is 13.6 Å². The van der Waals surface area contributed by atoms with Crippen LogP contribution in [-0.4, -0.2) is 43.6 Å². The van der Waals surface area contributed by atoms with E-state index in [2.05, 4.69) is 36.6 Å². The Morgan fingerprint density at radius 2 is 1.89 bits per heavy atom. The van der Waals surface area contributed by atoms with Gasteiger partial charge in [0.05, 0.1) is 10.7 Å². The number of carbonyl (C=O) groups is 1. The maximum absolute atomic E-state index is 13.4. The van der Waals surface area contributed by atoms with Gasteiger partial charge in [0.2, 0.25) is 0 Å². The van der Waals surface area contributed by atoms with Crippen molar-refractivity contribution < 1.29 is 13.6 Å². The summed E-state index contributed by atoms with van der Waals surface area (Å²) in [4.78, 5) is 23.2. The quantitative estimate of drug-likeness (QED) is 0.363. The number of likely N-dealkylation sites (tertiary alicyclic amines) is 1. The summed E-state index contributed by atoms with van der Waals surface area (Å²) in [5, 5.41) is 10.4. The number of hydrogen-bond donors (Lipinski definition) is 2. The van der Waals surface area contributed by atoms with Crippen LogP contribution in [0.4, 0.5) is 25.1 Å². The number of aromatic nitrogens is 4. The van der Waals surface area contributed by atoms with Crippen molar-refractivity contribution in [3.63, 3.8) is 0 Å². The summed E-state index contributed by atoms with van der Waals surface area (Å²) >= 11 is 3.53. The fraction of sp³-hybridized carbons (Fsp3) is 0.250. The number of amides is 2. The first-order valence-electron chi connectivity index (χ1n) is 11.2. The molecular formula is C24H22BrF2N7O. The first-order chi connectivity index (χ1) is 17.0. The monoisotopic (exact) mass is 541 g/mol. The number of hydrogen-bond acceptors (Lipinski definition) is 5. The molecule has 5 rings (SSSR count). The number of urea groups is 1. The maximum Gasteiger partial charge on any atom is 0.321 e. The first kappa shape index (κ1) is 23.2. The van der Waals surface area contributed by atoms with Crippen LogP contribution in [0.25, 0.3) is 5.65 Å². The fourth-order valence-electron chi connectivity index (χ4n) is 4.19. The largest absolute Gasteiger partial charge is 0.366 e. The molecular weight excluding hydrogens is 520 g/mol. The molecule has 4 aromatic rings. The van der Waals surface area contributed by atoms with Gasteiger partial charge in [0.25, 0.3) is 0 Å². The summed E-state index contributed by atoms with van der Waals surface area (Å²) in [7, 11) is 0. The lowest BCUT2D eigenvalue weighted by Gasteiger charge is -2.32. The molecule has 2 amide bonds. The van der Waals surface area contributed by atoms with Gasteiger partial charge in [0.1, 0.15) is 17.5 Å². The second kappa shape index (κ2) is 9.95. The molecule has 3 aromatic heterocycles. The van der Waals surface area contributed by atoms with Gasteiger partial charge in [-0.3, -0.25) is 4.98 Å². The average Bonchev–Trinajstić information content (AvgIpc) is 3.23. The van der Waals surface area contributed by atoms with Crippen molar-refractivity contribution in [2.24, 2.45) is 0 Å². The van der Waals surface area contributed by atoms with Crippen LogP contribution in [0.3, 0.4) is 0 Å². The molecule has 0 saturated carbocycles. The Balaban J connectivity index is 1.28. The molecule has 1 aliphatic rings. The van der Waals surface area contributed by atoms with Gasteiger partial charge in [0, 0.05) is 61.5 Å². The molecule has 2 N–H and O–H groups in total. The molecule has 0 bridgehead atoms. The number of carbonyl (C=O) groups excluding carboxylic acids is 1. The number of nitrogens with zero attached hydrogens (tertiary/aromatic N) is 5. The Morgan fingerprint density at radius 1 is 1.11 bits per heavy atom. The molecule has 1 saturated heterocycles. The zero-order valence-corrected chi connectivity index (χ0v) is 20.2. The van der Waals surface area contributed by atoms with Crippen LogP contribution in [-0.2, 0) is 6.54 Å². The van der Waals surface area contributed by atoms with Crippen LogP contribution in [0.5, 0.6) is 0 Å². The maximum atomic E-state index is 13.4. The minimum atomic E-state index is -0.737. The summed E-state index contributed by atoms with van der Waals surface area (Å²) in [5.74, 6) is -0.511. The van der Waals surface area contributed by atoms with Crippen LogP contribution in [0, 0.1) is 11.6 Å². The second-order valence-corrected chi connectivity index (χ2v) is 9.21. The fourth-order valence-corrected chi connectivity index (χ4v) is 4.54. The predicted octanol–water partition coefficient (Wildman–Crippen LogP) is 5.19. The van der Waals surface area contributed by atoms with Crippen molar-refractivity contribution in [1.29, 1.82) is 0 Å². The van der Waals surface area contributed by atoms with E-state index in [-0.39, 0.29) is 17.6 Å². The summed E-state index contributed by atoms with van der Waals surface area (Å²) < 4.78 is 29.4. The molecule has 180 valence electrons. The smallest absolute Gasteiger partial charge is 0.321 e. The van der Waals surface area contributed by atoms with Crippen LogP contribution in [0.2, 0.25) is 0 Å². The number of nitrogens with one attached hydrogen (secondary N) is 2. The molecule has 0 spiro atoms. The van der Waals surface area contributed by atoms with Gasteiger partial charge in [-0.2, -0.15) is 9.61 Å². The van der Waals surface area contributed by atoms with E-state index in [1.54, 1.807) is 21.8 Å². The van der Waals surface area contributed by atoms with E-state index < -0.39 is 11.6 Å². The van der Waals surface area contributed by atoms with Crippen LogP contribution in [0.15, 0.2) is 59.5 Å². The Kier molecular flexibility index (Phi) is 6.58. The van der Waals surface area contributed by atoms with Gasteiger partial charge in [0.15, 0.2) is 5.65 Å². The van der Waals surface area contributed by atoms with Gasteiger partial charge in [-0.1, -0.05) is 6.07 Å². The highest BCUT2D eigenvalue weighted by Gasteiger charge is 2.26. The number of benzene rings is 1. The number of fused-ring (bicyclic) bond motifs is 1. The summed E-state index contributed by atoms with van der Waals surface area (Å²) in [6, 6.07) is 8.46. The minimum Gasteiger partial charge on any atom is -0.366 e. The van der Waals surface area contributed by atoms with E-state index in [0.29, 0.717) is 38.1 Å². The van der Waals surface area contributed by atoms with Gasteiger partial charge in [-0.25, -0.2) is 18.6 Å². The molecule has 0 atom stereocenters. The van der Waals surface area contributed by atoms with Crippen LogP contribution in [0.1, 0.15) is 30.0 Å². The van der Waals surface area contributed by atoms with E-state index in [1.807, 2.05) is 24.4 Å². The Morgan fingerprint density at radius 3 is 2.60 bits per heavy atom. The third-order valence-electron chi connectivity index (χ3n) is 5.96. The highest BCUT2D eigenvalue weighted by Crippen LogP contribution is 2.31. The Bertz CT molecular complexity index is 1340. The van der Waals surface area contributed by atoms with Gasteiger partial charge < -0.3 is 15.5 Å². The predicted molar refractivity (Wildman–Crippen MR) is 131 cm³/mol. The zero-order valence-electron chi connectivity index (χ0n) is 18.6. The summed E-state index contributed by atoms with van der Waals surface area (Å²) in [6.07, 6.45) is 6.68. The third-order valence-corrected chi connectivity index (χ3v) is 6.52. The topological polar surface area (TPSA) is 87.5 Å². The number of piperidine rings is 1. The molecule has 8 nitrogen and oxygen atoms in total. The number of pyridine rings is 1. The highest BCUT2D eigenvalue weighted by atomic mass is 79.9. The van der Waals surface area contributed by atoms with Crippen molar-refractivity contribution in [2.45, 2.75) is 25.3 Å². The molecule has 0 aliphatic carbocycles. The molecule has 0 unspecified atom stereocenters. The average molecular weight is 542 g/mol. The van der Waals surface area contributed by atoms with Gasteiger partial charge in [-0.05, 0) is 52.5 Å². The highest BCUT2D eigenvalue weighted by molar-refractivity contribution is 9.10. The summed E-state index contributed by atoms with van der Waals surface area (Å²) in [5.41, 5.74) is 2.77. The zero-order chi connectivity index (χ0) is 24.4. The summed E-state index contributed by atoms with van der Waals surface area (Å²) in [6.45, 7) is 1.59. The first-order valence-corrected chi connectivity index (χ1v) is 11.9. The van der Waals surface area contributed by atoms with Crippen molar-refractivity contribution in [1.82, 2.24) is 24.5 Å². The molecule has 4 heterocycles. The van der Waals surface area contributed by atoms with E-state index in [4.69, 9.17) is 4.98 Å². The van der Waals surface area contributed by atoms with Crippen LogP contribution < -0.4 is 10.6 Å². The number of anilines is 2. The van der Waals surface area contributed by atoms with Crippen molar-refractivity contribution in [3.8, 4) is 0 Å².